The predicted molar refractivity (Wildman–Crippen MR) is 82.8 cm³/mol. The number of hydrogen-bond acceptors (Lipinski definition) is 2. The molecule has 4 bridgehead atoms. The molecule has 4 nitrogen and oxygen atoms in total. The Hall–Kier alpha value is -0.770. The van der Waals surface area contributed by atoms with E-state index in [0.717, 1.165) is 17.8 Å². The molecule has 1 unspecified atom stereocenters. The summed E-state index contributed by atoms with van der Waals surface area (Å²) >= 11 is 0. The number of nitrogens with zero attached hydrogens (tertiary/aromatic N) is 1. The summed E-state index contributed by atoms with van der Waals surface area (Å²) in [7, 11) is 1.94. The molecule has 5 saturated carbocycles. The average Bonchev–Trinajstić information content (AvgIpc) is 3.21. The first-order valence-electron chi connectivity index (χ1n) is 8.83. The summed E-state index contributed by atoms with van der Waals surface area (Å²) in [5.41, 5.74) is 6.01. The fourth-order valence-corrected chi connectivity index (χ4v) is 5.88. The maximum Gasteiger partial charge on any atom is 0.317 e. The molecule has 0 spiro atoms. The maximum atomic E-state index is 12.7. The van der Waals surface area contributed by atoms with Crippen LogP contribution in [0.1, 0.15) is 51.4 Å². The van der Waals surface area contributed by atoms with Crippen LogP contribution >= 0.6 is 0 Å². The van der Waals surface area contributed by atoms with Crippen molar-refractivity contribution >= 4 is 6.03 Å². The van der Waals surface area contributed by atoms with Crippen LogP contribution in [0.25, 0.3) is 0 Å². The molecule has 0 aliphatic heterocycles. The van der Waals surface area contributed by atoms with Crippen LogP contribution in [0.2, 0.25) is 0 Å². The van der Waals surface area contributed by atoms with Gasteiger partial charge in [-0.3, -0.25) is 0 Å². The third kappa shape index (κ3) is 2.45. The number of amides is 2. The van der Waals surface area contributed by atoms with Crippen molar-refractivity contribution in [1.82, 2.24) is 10.2 Å². The van der Waals surface area contributed by atoms with Gasteiger partial charge in [-0.25, -0.2) is 4.79 Å². The minimum absolute atomic E-state index is 0.114. The smallest absolute Gasteiger partial charge is 0.317 e. The summed E-state index contributed by atoms with van der Waals surface area (Å²) in [6, 6.07) is 0.359. The van der Waals surface area contributed by atoms with Crippen molar-refractivity contribution in [3.05, 3.63) is 0 Å². The molecule has 4 heteroatoms. The summed E-state index contributed by atoms with van der Waals surface area (Å²) in [6.45, 7) is 0.593. The minimum Gasteiger partial charge on any atom is -0.333 e. The molecule has 5 aliphatic rings. The lowest BCUT2D eigenvalue weighted by atomic mass is 9.53. The van der Waals surface area contributed by atoms with E-state index in [9.17, 15) is 4.79 Å². The van der Waals surface area contributed by atoms with Crippen molar-refractivity contribution in [2.24, 2.45) is 29.4 Å². The lowest BCUT2D eigenvalue weighted by Crippen LogP contribution is -2.62. The second-order valence-corrected chi connectivity index (χ2v) is 8.38. The summed E-state index contributed by atoms with van der Waals surface area (Å²) in [4.78, 5) is 14.6. The number of nitrogens with two attached hydrogens (primary N) is 1. The molecule has 2 amide bonds. The van der Waals surface area contributed by atoms with Gasteiger partial charge in [0.15, 0.2) is 0 Å². The molecule has 1 atom stereocenters. The lowest BCUT2D eigenvalue weighted by Gasteiger charge is -2.57. The highest BCUT2D eigenvalue weighted by molar-refractivity contribution is 5.75. The van der Waals surface area contributed by atoms with Crippen LogP contribution in [0, 0.1) is 23.7 Å². The fourth-order valence-electron chi connectivity index (χ4n) is 5.88. The van der Waals surface area contributed by atoms with Crippen LogP contribution in [0.3, 0.4) is 0 Å². The van der Waals surface area contributed by atoms with Gasteiger partial charge in [0.2, 0.25) is 0 Å². The predicted octanol–water partition coefficient (Wildman–Crippen LogP) is 2.33. The number of nitrogens with one attached hydrogen (secondary N) is 1. The van der Waals surface area contributed by atoms with Crippen molar-refractivity contribution < 1.29 is 4.79 Å². The molecule has 5 fully saturated rings. The molecule has 0 aromatic rings. The molecule has 5 rings (SSSR count). The first-order chi connectivity index (χ1) is 10.1. The number of likely N-dealkylation sites (N-methyl/N-ethyl adjacent to an activating group) is 1. The Labute approximate surface area is 127 Å². The van der Waals surface area contributed by atoms with Crippen LogP contribution < -0.4 is 11.1 Å². The van der Waals surface area contributed by atoms with E-state index in [4.69, 9.17) is 5.73 Å². The summed E-state index contributed by atoms with van der Waals surface area (Å²) in [6.07, 6.45) is 10.4. The Morgan fingerprint density at radius 3 is 2.14 bits per heavy atom. The van der Waals surface area contributed by atoms with Gasteiger partial charge in [0.25, 0.3) is 0 Å². The van der Waals surface area contributed by atoms with Crippen LogP contribution in [0.5, 0.6) is 0 Å². The standard InChI is InChI=1S/C17H29N3O/c1-20(15(10-18)14-2-3-14)16(21)19-17-7-11-4-12(8-17)6-13(5-11)9-17/h11-15H,2-10,18H2,1H3,(H,19,21). The Bertz CT molecular complexity index is 396. The largest absolute Gasteiger partial charge is 0.333 e. The number of carbonyl (C=O) groups is 1. The van der Waals surface area contributed by atoms with Gasteiger partial charge in [0.1, 0.15) is 0 Å². The molecular formula is C17H29N3O. The van der Waals surface area contributed by atoms with Gasteiger partial charge in [-0.1, -0.05) is 0 Å². The van der Waals surface area contributed by atoms with Crippen LogP contribution in [-0.4, -0.2) is 36.1 Å². The van der Waals surface area contributed by atoms with Gasteiger partial charge in [-0.05, 0) is 75.0 Å². The van der Waals surface area contributed by atoms with Crippen molar-refractivity contribution in [3.8, 4) is 0 Å². The number of hydrogen-bond donors (Lipinski definition) is 2. The number of rotatable bonds is 4. The topological polar surface area (TPSA) is 58.4 Å². The normalized spacial score (nSPS) is 41.9. The Kier molecular flexibility index (Phi) is 3.21. The Morgan fingerprint density at radius 2 is 1.71 bits per heavy atom. The highest BCUT2D eigenvalue weighted by Crippen LogP contribution is 2.55. The summed E-state index contributed by atoms with van der Waals surface area (Å²) in [5.74, 6) is 3.25. The SMILES string of the molecule is CN(C(=O)NC12CC3CC(CC(C3)C1)C2)C(CN)C1CC1. The van der Waals surface area contributed by atoms with Gasteiger partial charge in [-0.15, -0.1) is 0 Å². The number of urea groups is 1. The van der Waals surface area contributed by atoms with Gasteiger partial charge < -0.3 is 16.0 Å². The lowest BCUT2D eigenvalue weighted by molar-refractivity contribution is -0.0160. The van der Waals surface area contributed by atoms with E-state index in [-0.39, 0.29) is 17.6 Å². The van der Waals surface area contributed by atoms with Gasteiger partial charge in [0, 0.05) is 25.2 Å². The molecule has 118 valence electrons. The molecule has 5 aliphatic carbocycles. The van der Waals surface area contributed by atoms with E-state index in [0.29, 0.717) is 12.5 Å². The molecule has 0 radical (unpaired) electrons. The third-order valence-electron chi connectivity index (χ3n) is 6.64. The third-order valence-corrected chi connectivity index (χ3v) is 6.64. The number of carbonyl (C=O) groups excluding carboxylic acids is 1. The molecule has 0 heterocycles. The second kappa shape index (κ2) is 4.87. The van der Waals surface area contributed by atoms with Crippen molar-refractivity contribution in [3.63, 3.8) is 0 Å². The van der Waals surface area contributed by atoms with E-state index in [1.165, 1.54) is 51.4 Å². The van der Waals surface area contributed by atoms with E-state index < -0.39 is 0 Å². The van der Waals surface area contributed by atoms with Crippen LogP contribution in [0.15, 0.2) is 0 Å². The molecular weight excluding hydrogens is 262 g/mol. The van der Waals surface area contributed by atoms with Crippen molar-refractivity contribution in [2.75, 3.05) is 13.6 Å². The van der Waals surface area contributed by atoms with Gasteiger partial charge in [-0.2, -0.15) is 0 Å². The summed E-state index contributed by atoms with van der Waals surface area (Å²) < 4.78 is 0. The highest BCUT2D eigenvalue weighted by atomic mass is 16.2. The Morgan fingerprint density at radius 1 is 1.19 bits per heavy atom. The maximum absolute atomic E-state index is 12.7. The van der Waals surface area contributed by atoms with Crippen molar-refractivity contribution in [2.45, 2.75) is 62.9 Å². The first-order valence-corrected chi connectivity index (χ1v) is 8.83. The zero-order valence-corrected chi connectivity index (χ0v) is 13.2. The first kappa shape index (κ1) is 13.9. The minimum atomic E-state index is 0.114. The quantitative estimate of drug-likeness (QED) is 0.835. The van der Waals surface area contributed by atoms with Crippen molar-refractivity contribution in [1.29, 1.82) is 0 Å². The van der Waals surface area contributed by atoms with E-state index in [1.54, 1.807) is 0 Å². The monoisotopic (exact) mass is 291 g/mol. The highest BCUT2D eigenvalue weighted by Gasteiger charge is 2.52. The molecule has 0 saturated heterocycles. The average molecular weight is 291 g/mol. The summed E-state index contributed by atoms with van der Waals surface area (Å²) in [5, 5.41) is 3.45. The molecule has 21 heavy (non-hydrogen) atoms. The van der Waals surface area contributed by atoms with Gasteiger partial charge >= 0.3 is 6.03 Å². The van der Waals surface area contributed by atoms with Crippen LogP contribution in [0.4, 0.5) is 4.79 Å². The van der Waals surface area contributed by atoms with E-state index >= 15 is 0 Å². The van der Waals surface area contributed by atoms with Gasteiger partial charge in [0.05, 0.1) is 0 Å². The van der Waals surface area contributed by atoms with E-state index in [1.807, 2.05) is 11.9 Å². The van der Waals surface area contributed by atoms with Crippen LogP contribution in [-0.2, 0) is 0 Å². The molecule has 0 aromatic heterocycles. The second-order valence-electron chi connectivity index (χ2n) is 8.38. The molecule has 0 aromatic carbocycles. The van der Waals surface area contributed by atoms with E-state index in [2.05, 4.69) is 5.32 Å². The Balaban J connectivity index is 1.44. The molecule has 3 N–H and O–H groups in total. The zero-order valence-electron chi connectivity index (χ0n) is 13.2. The fraction of sp³-hybridized carbons (Fsp3) is 0.941. The zero-order chi connectivity index (χ0) is 14.6.